The van der Waals surface area contributed by atoms with Gasteiger partial charge in [-0.25, -0.2) is 5.43 Å². The van der Waals surface area contributed by atoms with Crippen molar-refractivity contribution in [3.05, 3.63) is 86.8 Å². The Hall–Kier alpha value is -3.03. The first kappa shape index (κ1) is 21.7. The molecule has 0 aliphatic heterocycles. The number of ether oxygens (including phenoxy) is 2. The maximum atomic E-state index is 12.1. The number of rotatable bonds is 7. The number of benzene rings is 3. The van der Waals surface area contributed by atoms with Crippen LogP contribution < -0.4 is 14.9 Å². The molecule has 8 heteroatoms. The highest BCUT2D eigenvalue weighted by molar-refractivity contribution is 9.10. The third kappa shape index (κ3) is 5.52. The van der Waals surface area contributed by atoms with E-state index in [2.05, 4.69) is 26.5 Å². The molecule has 1 amide bonds. The van der Waals surface area contributed by atoms with Crippen molar-refractivity contribution in [2.75, 3.05) is 7.11 Å². The number of aromatic hydroxyl groups is 1. The monoisotopic (exact) mass is 488 g/mol. The van der Waals surface area contributed by atoms with Gasteiger partial charge in [0, 0.05) is 16.1 Å². The van der Waals surface area contributed by atoms with Gasteiger partial charge >= 0.3 is 0 Å². The molecule has 30 heavy (non-hydrogen) atoms. The Morgan fingerprint density at radius 1 is 1.20 bits per heavy atom. The molecule has 6 nitrogen and oxygen atoms in total. The van der Waals surface area contributed by atoms with E-state index in [4.69, 9.17) is 21.1 Å². The van der Waals surface area contributed by atoms with Crippen LogP contribution in [-0.4, -0.2) is 24.3 Å². The molecule has 0 saturated heterocycles. The van der Waals surface area contributed by atoms with Gasteiger partial charge in [-0.3, -0.25) is 4.79 Å². The first-order valence-electron chi connectivity index (χ1n) is 8.84. The molecule has 0 atom stereocenters. The van der Waals surface area contributed by atoms with Gasteiger partial charge in [0.2, 0.25) is 0 Å². The van der Waals surface area contributed by atoms with Gasteiger partial charge in [0.15, 0.2) is 11.5 Å². The highest BCUT2D eigenvalue weighted by atomic mass is 79.9. The van der Waals surface area contributed by atoms with Crippen molar-refractivity contribution in [2.24, 2.45) is 5.10 Å². The molecule has 3 aromatic carbocycles. The second-order valence-electron chi connectivity index (χ2n) is 6.16. The number of hydrogen-bond donors (Lipinski definition) is 2. The highest BCUT2D eigenvalue weighted by Crippen LogP contribution is 2.37. The van der Waals surface area contributed by atoms with Crippen LogP contribution in [0.3, 0.4) is 0 Å². The van der Waals surface area contributed by atoms with Crippen molar-refractivity contribution < 1.29 is 19.4 Å². The van der Waals surface area contributed by atoms with Gasteiger partial charge in [0.1, 0.15) is 12.4 Å². The third-order valence-electron chi connectivity index (χ3n) is 4.09. The predicted molar refractivity (Wildman–Crippen MR) is 120 cm³/mol. The van der Waals surface area contributed by atoms with Crippen LogP contribution in [0.1, 0.15) is 21.5 Å². The molecule has 0 bridgehead atoms. The molecule has 0 aromatic heterocycles. The molecule has 3 aromatic rings. The van der Waals surface area contributed by atoms with Crippen molar-refractivity contribution in [3.8, 4) is 17.2 Å². The number of nitrogens with one attached hydrogen (secondary N) is 1. The SMILES string of the molecule is COc1cc(/C=N/NC(=O)c2ccc(O)cc2)cc(Br)c1OCc1ccccc1Cl. The lowest BCUT2D eigenvalue weighted by molar-refractivity contribution is 0.0955. The number of hydrazone groups is 1. The van der Waals surface area contributed by atoms with E-state index in [1.54, 1.807) is 18.2 Å². The van der Waals surface area contributed by atoms with Crippen LogP contribution in [0.4, 0.5) is 0 Å². The smallest absolute Gasteiger partial charge is 0.271 e. The molecule has 0 fully saturated rings. The van der Waals surface area contributed by atoms with Crippen LogP contribution in [0.15, 0.2) is 70.2 Å². The Morgan fingerprint density at radius 3 is 2.63 bits per heavy atom. The topological polar surface area (TPSA) is 80.2 Å². The summed E-state index contributed by atoms with van der Waals surface area (Å²) in [6, 6.07) is 16.8. The summed E-state index contributed by atoms with van der Waals surface area (Å²) in [5, 5.41) is 13.9. The fourth-order valence-corrected chi connectivity index (χ4v) is 3.33. The fraction of sp³-hybridized carbons (Fsp3) is 0.0909. The van der Waals surface area contributed by atoms with E-state index in [9.17, 15) is 9.90 Å². The molecule has 0 heterocycles. The van der Waals surface area contributed by atoms with Crippen molar-refractivity contribution >= 4 is 39.7 Å². The number of methoxy groups -OCH3 is 1. The van der Waals surface area contributed by atoms with E-state index in [-0.39, 0.29) is 12.4 Å². The molecule has 3 rings (SSSR count). The first-order chi connectivity index (χ1) is 14.5. The summed E-state index contributed by atoms with van der Waals surface area (Å²) >= 11 is 9.66. The maximum Gasteiger partial charge on any atom is 0.271 e. The van der Waals surface area contributed by atoms with Crippen molar-refractivity contribution in [3.63, 3.8) is 0 Å². The van der Waals surface area contributed by atoms with E-state index in [1.165, 1.54) is 37.6 Å². The average Bonchev–Trinajstić information content (AvgIpc) is 2.74. The Labute approximate surface area is 187 Å². The summed E-state index contributed by atoms with van der Waals surface area (Å²) < 4.78 is 12.0. The second kappa shape index (κ2) is 10.1. The molecule has 0 saturated carbocycles. The quantitative estimate of drug-likeness (QED) is 0.355. The number of phenols is 1. The normalized spacial score (nSPS) is 10.8. The van der Waals surface area contributed by atoms with E-state index < -0.39 is 5.91 Å². The number of phenolic OH excluding ortho intramolecular Hbond substituents is 1. The summed E-state index contributed by atoms with van der Waals surface area (Å²) in [6.45, 7) is 0.282. The van der Waals surface area contributed by atoms with Crippen LogP contribution in [-0.2, 0) is 6.61 Å². The van der Waals surface area contributed by atoms with Gasteiger partial charge in [0.05, 0.1) is 17.8 Å². The molecular formula is C22H18BrClN2O4. The lowest BCUT2D eigenvalue weighted by Gasteiger charge is -2.14. The third-order valence-corrected chi connectivity index (χ3v) is 5.05. The van der Waals surface area contributed by atoms with E-state index in [0.717, 1.165) is 5.56 Å². The summed E-state index contributed by atoms with van der Waals surface area (Å²) in [6.07, 6.45) is 1.49. The zero-order chi connectivity index (χ0) is 21.5. The largest absolute Gasteiger partial charge is 0.508 e. The number of carbonyl (C=O) groups excluding carboxylic acids is 1. The number of amides is 1. The van der Waals surface area contributed by atoms with Gasteiger partial charge < -0.3 is 14.6 Å². The number of carbonyl (C=O) groups is 1. The molecule has 0 aliphatic rings. The van der Waals surface area contributed by atoms with Gasteiger partial charge in [0.25, 0.3) is 5.91 Å². The first-order valence-corrected chi connectivity index (χ1v) is 10.0. The Morgan fingerprint density at radius 2 is 1.93 bits per heavy atom. The Bertz CT molecular complexity index is 1070. The van der Waals surface area contributed by atoms with Gasteiger partial charge in [-0.2, -0.15) is 5.10 Å². The minimum Gasteiger partial charge on any atom is -0.508 e. The Balaban J connectivity index is 1.70. The molecule has 0 spiro atoms. The summed E-state index contributed by atoms with van der Waals surface area (Å²) in [5.41, 5.74) is 4.37. The van der Waals surface area contributed by atoms with E-state index >= 15 is 0 Å². The molecule has 0 unspecified atom stereocenters. The summed E-state index contributed by atoms with van der Waals surface area (Å²) in [4.78, 5) is 12.1. The van der Waals surface area contributed by atoms with Crippen molar-refractivity contribution in [1.82, 2.24) is 5.43 Å². The highest BCUT2D eigenvalue weighted by Gasteiger charge is 2.12. The average molecular weight is 490 g/mol. The molecule has 0 radical (unpaired) electrons. The summed E-state index contributed by atoms with van der Waals surface area (Å²) in [5.74, 6) is 0.728. The standard InChI is InChI=1S/C22H18BrClN2O4/c1-29-20-11-14(12-25-26-22(28)15-6-8-17(27)9-7-15)10-18(23)21(20)30-13-16-4-2-3-5-19(16)24/h2-12,27H,13H2,1H3,(H,26,28)/b25-12+. The van der Waals surface area contributed by atoms with Crippen LogP contribution in [0.5, 0.6) is 17.2 Å². The van der Waals surface area contributed by atoms with Crippen molar-refractivity contribution in [2.45, 2.75) is 6.61 Å². The van der Waals surface area contributed by atoms with Crippen molar-refractivity contribution in [1.29, 1.82) is 0 Å². The second-order valence-corrected chi connectivity index (χ2v) is 7.42. The maximum absolute atomic E-state index is 12.1. The molecule has 0 aliphatic carbocycles. The van der Waals surface area contributed by atoms with Gasteiger partial charge in [-0.05, 0) is 64.0 Å². The van der Waals surface area contributed by atoms with Crippen LogP contribution in [0, 0.1) is 0 Å². The minimum atomic E-state index is -0.392. The number of hydrogen-bond acceptors (Lipinski definition) is 5. The van der Waals surface area contributed by atoms with E-state index in [1.807, 2.05) is 18.2 Å². The number of halogens is 2. The zero-order valence-corrected chi connectivity index (χ0v) is 18.3. The zero-order valence-electron chi connectivity index (χ0n) is 15.9. The van der Waals surface area contributed by atoms with Gasteiger partial charge in [-0.15, -0.1) is 0 Å². The van der Waals surface area contributed by atoms with E-state index in [0.29, 0.717) is 32.1 Å². The van der Waals surface area contributed by atoms with Crippen LogP contribution in [0.25, 0.3) is 0 Å². The minimum absolute atomic E-state index is 0.0869. The Kier molecular flexibility index (Phi) is 7.32. The molecular weight excluding hydrogens is 472 g/mol. The molecule has 2 N–H and O–H groups in total. The molecule has 154 valence electrons. The van der Waals surface area contributed by atoms with Crippen LogP contribution in [0.2, 0.25) is 5.02 Å². The lowest BCUT2D eigenvalue weighted by Crippen LogP contribution is -2.17. The summed E-state index contributed by atoms with van der Waals surface area (Å²) in [7, 11) is 1.54. The number of nitrogens with zero attached hydrogens (tertiary/aromatic N) is 1. The predicted octanol–water partition coefficient (Wildman–Crippen LogP) is 5.16. The lowest BCUT2D eigenvalue weighted by atomic mass is 10.2. The fourth-order valence-electron chi connectivity index (χ4n) is 2.56. The van der Waals surface area contributed by atoms with Gasteiger partial charge in [-0.1, -0.05) is 29.8 Å². The van der Waals surface area contributed by atoms with Crippen LogP contribution >= 0.6 is 27.5 Å².